The van der Waals surface area contributed by atoms with Crippen LogP contribution < -0.4 is 5.32 Å². The van der Waals surface area contributed by atoms with E-state index in [4.69, 9.17) is 4.42 Å². The second-order valence-corrected chi connectivity index (χ2v) is 6.77. The number of thiazole rings is 1. The SMILES string of the molecule is C[C@@H](CNC(=O)c1csc(-c2ccco2)n1)N1CCN(C)CC1. The lowest BCUT2D eigenvalue weighted by molar-refractivity contribution is 0.0900. The lowest BCUT2D eigenvalue weighted by atomic mass is 10.2. The molecular formula is C16H22N4O2S. The van der Waals surface area contributed by atoms with Gasteiger partial charge in [0.1, 0.15) is 5.69 Å². The van der Waals surface area contributed by atoms with E-state index in [-0.39, 0.29) is 5.91 Å². The Labute approximate surface area is 140 Å². The van der Waals surface area contributed by atoms with Gasteiger partial charge < -0.3 is 14.6 Å². The van der Waals surface area contributed by atoms with Crippen molar-refractivity contribution in [3.05, 3.63) is 29.5 Å². The van der Waals surface area contributed by atoms with Crippen molar-refractivity contribution in [2.75, 3.05) is 39.8 Å². The predicted molar refractivity (Wildman–Crippen MR) is 90.7 cm³/mol. The summed E-state index contributed by atoms with van der Waals surface area (Å²) in [6.07, 6.45) is 1.61. The van der Waals surface area contributed by atoms with Crippen molar-refractivity contribution >= 4 is 17.2 Å². The second kappa shape index (κ2) is 7.25. The van der Waals surface area contributed by atoms with Gasteiger partial charge >= 0.3 is 0 Å². The Morgan fingerprint density at radius 3 is 2.91 bits per heavy atom. The number of piperazine rings is 1. The molecule has 0 aliphatic carbocycles. The third kappa shape index (κ3) is 3.99. The van der Waals surface area contributed by atoms with Crippen molar-refractivity contribution in [2.24, 2.45) is 0 Å². The zero-order chi connectivity index (χ0) is 16.2. The van der Waals surface area contributed by atoms with Gasteiger partial charge in [-0.05, 0) is 26.1 Å². The molecule has 1 atom stereocenters. The molecule has 3 rings (SSSR count). The summed E-state index contributed by atoms with van der Waals surface area (Å²) in [7, 11) is 2.14. The number of carbonyl (C=O) groups is 1. The highest BCUT2D eigenvalue weighted by Gasteiger charge is 2.20. The Hall–Kier alpha value is -1.70. The van der Waals surface area contributed by atoms with Crippen LogP contribution in [0.1, 0.15) is 17.4 Å². The number of likely N-dealkylation sites (N-methyl/N-ethyl adjacent to an activating group) is 1. The average Bonchev–Trinajstić information content (AvgIpc) is 3.23. The Balaban J connectivity index is 1.51. The van der Waals surface area contributed by atoms with Crippen molar-refractivity contribution in [3.8, 4) is 10.8 Å². The number of hydrogen-bond donors (Lipinski definition) is 1. The van der Waals surface area contributed by atoms with Crippen molar-refractivity contribution in [3.63, 3.8) is 0 Å². The monoisotopic (exact) mass is 334 g/mol. The van der Waals surface area contributed by atoms with E-state index in [0.717, 1.165) is 31.2 Å². The highest BCUT2D eigenvalue weighted by atomic mass is 32.1. The lowest BCUT2D eigenvalue weighted by Crippen LogP contribution is -2.51. The van der Waals surface area contributed by atoms with E-state index in [0.29, 0.717) is 24.0 Å². The Bertz CT molecular complexity index is 632. The minimum absolute atomic E-state index is 0.125. The highest BCUT2D eigenvalue weighted by molar-refractivity contribution is 7.13. The van der Waals surface area contributed by atoms with Crippen LogP contribution in [0.15, 0.2) is 28.2 Å². The smallest absolute Gasteiger partial charge is 0.270 e. The number of aromatic nitrogens is 1. The molecule has 0 spiro atoms. The van der Waals surface area contributed by atoms with Crippen molar-refractivity contribution in [1.29, 1.82) is 0 Å². The summed E-state index contributed by atoms with van der Waals surface area (Å²) >= 11 is 1.42. The molecule has 1 N–H and O–H groups in total. The molecule has 2 aromatic heterocycles. The third-order valence-electron chi connectivity index (χ3n) is 4.19. The summed E-state index contributed by atoms with van der Waals surface area (Å²) < 4.78 is 5.30. The maximum absolute atomic E-state index is 12.2. The predicted octanol–water partition coefficient (Wildman–Crippen LogP) is 1.77. The minimum Gasteiger partial charge on any atom is -0.462 e. The molecule has 1 aliphatic heterocycles. The van der Waals surface area contributed by atoms with Gasteiger partial charge in [-0.15, -0.1) is 11.3 Å². The number of furan rings is 1. The maximum atomic E-state index is 12.2. The quantitative estimate of drug-likeness (QED) is 0.903. The fourth-order valence-corrected chi connectivity index (χ4v) is 3.38. The van der Waals surface area contributed by atoms with Gasteiger partial charge in [0.2, 0.25) is 0 Å². The van der Waals surface area contributed by atoms with Crippen molar-refractivity contribution < 1.29 is 9.21 Å². The van der Waals surface area contributed by atoms with Gasteiger partial charge in [0, 0.05) is 44.1 Å². The van der Waals surface area contributed by atoms with Crippen LogP contribution >= 0.6 is 11.3 Å². The molecule has 23 heavy (non-hydrogen) atoms. The molecular weight excluding hydrogens is 312 g/mol. The number of amides is 1. The molecule has 0 aromatic carbocycles. The Kier molecular flexibility index (Phi) is 5.09. The first-order chi connectivity index (χ1) is 11.1. The average molecular weight is 334 g/mol. The first-order valence-electron chi connectivity index (χ1n) is 7.83. The van der Waals surface area contributed by atoms with E-state index in [9.17, 15) is 4.79 Å². The lowest BCUT2D eigenvalue weighted by Gasteiger charge is -2.36. The number of hydrogen-bond acceptors (Lipinski definition) is 6. The van der Waals surface area contributed by atoms with Gasteiger partial charge in [-0.3, -0.25) is 9.69 Å². The largest absolute Gasteiger partial charge is 0.462 e. The van der Waals surface area contributed by atoms with Crippen LogP contribution in [0.3, 0.4) is 0 Å². The molecule has 2 aromatic rings. The third-order valence-corrected chi connectivity index (χ3v) is 5.04. The second-order valence-electron chi connectivity index (χ2n) is 5.91. The zero-order valence-electron chi connectivity index (χ0n) is 13.5. The van der Waals surface area contributed by atoms with Crippen molar-refractivity contribution in [2.45, 2.75) is 13.0 Å². The number of rotatable bonds is 5. The fourth-order valence-electron chi connectivity index (χ4n) is 2.61. The number of nitrogens with one attached hydrogen (secondary N) is 1. The van der Waals surface area contributed by atoms with Gasteiger partial charge in [0.05, 0.1) is 6.26 Å². The Morgan fingerprint density at radius 2 is 2.22 bits per heavy atom. The van der Waals surface area contributed by atoms with Gasteiger partial charge in [0.15, 0.2) is 10.8 Å². The minimum atomic E-state index is -0.125. The molecule has 1 amide bonds. The molecule has 124 valence electrons. The molecule has 0 unspecified atom stereocenters. The van der Waals surface area contributed by atoms with Crippen LogP contribution in [0.25, 0.3) is 10.8 Å². The molecule has 1 saturated heterocycles. The first kappa shape index (κ1) is 16.2. The van der Waals surface area contributed by atoms with Gasteiger partial charge in [-0.2, -0.15) is 0 Å². The number of nitrogens with zero attached hydrogens (tertiary/aromatic N) is 3. The van der Waals surface area contributed by atoms with Crippen LogP contribution in [0.4, 0.5) is 0 Å². The van der Waals surface area contributed by atoms with Gasteiger partial charge in [0.25, 0.3) is 5.91 Å². The van der Waals surface area contributed by atoms with Gasteiger partial charge in [-0.1, -0.05) is 0 Å². The van der Waals surface area contributed by atoms with Gasteiger partial charge in [-0.25, -0.2) is 4.98 Å². The van der Waals surface area contributed by atoms with Crippen LogP contribution in [-0.2, 0) is 0 Å². The summed E-state index contributed by atoms with van der Waals surface area (Å²) in [5.74, 6) is 0.569. The van der Waals surface area contributed by atoms with Crippen LogP contribution in [-0.4, -0.2) is 66.5 Å². The summed E-state index contributed by atoms with van der Waals surface area (Å²) in [6.45, 7) is 7.05. The highest BCUT2D eigenvalue weighted by Crippen LogP contribution is 2.23. The molecule has 0 bridgehead atoms. The summed E-state index contributed by atoms with van der Waals surface area (Å²) in [5.41, 5.74) is 0.451. The molecule has 6 nitrogen and oxygen atoms in total. The zero-order valence-corrected chi connectivity index (χ0v) is 14.3. The van der Waals surface area contributed by atoms with E-state index in [1.807, 2.05) is 12.1 Å². The normalized spacial score (nSPS) is 18.0. The first-order valence-corrected chi connectivity index (χ1v) is 8.71. The fraction of sp³-hybridized carbons (Fsp3) is 0.500. The summed E-state index contributed by atoms with van der Waals surface area (Å²) in [4.78, 5) is 21.3. The van der Waals surface area contributed by atoms with E-state index < -0.39 is 0 Å². The number of carbonyl (C=O) groups excluding carboxylic acids is 1. The van der Waals surface area contributed by atoms with Crippen LogP contribution in [0.5, 0.6) is 0 Å². The van der Waals surface area contributed by atoms with E-state index in [1.54, 1.807) is 11.6 Å². The van der Waals surface area contributed by atoms with E-state index >= 15 is 0 Å². The molecule has 0 radical (unpaired) electrons. The molecule has 7 heteroatoms. The topological polar surface area (TPSA) is 61.6 Å². The van der Waals surface area contributed by atoms with Crippen LogP contribution in [0, 0.1) is 0 Å². The molecule has 1 fully saturated rings. The molecule has 1 aliphatic rings. The Morgan fingerprint density at radius 1 is 1.43 bits per heavy atom. The molecule has 0 saturated carbocycles. The maximum Gasteiger partial charge on any atom is 0.270 e. The molecule has 3 heterocycles. The van der Waals surface area contributed by atoms with E-state index in [1.165, 1.54) is 11.3 Å². The van der Waals surface area contributed by atoms with Crippen LogP contribution in [0.2, 0.25) is 0 Å². The van der Waals surface area contributed by atoms with Crippen molar-refractivity contribution in [1.82, 2.24) is 20.1 Å². The standard InChI is InChI=1S/C16H22N4O2S/c1-12(20-7-5-19(2)6-8-20)10-17-15(21)13-11-23-16(18-13)14-4-3-9-22-14/h3-4,9,11-12H,5-8,10H2,1-2H3,(H,17,21)/t12-/m0/s1. The van der Waals surface area contributed by atoms with E-state index in [2.05, 4.69) is 34.1 Å². The summed E-state index contributed by atoms with van der Waals surface area (Å²) in [6, 6.07) is 3.99. The summed E-state index contributed by atoms with van der Waals surface area (Å²) in [5, 5.41) is 5.49.